The molecule has 2 N–H and O–H groups in total. The van der Waals surface area contributed by atoms with E-state index < -0.39 is 0 Å². The average Bonchev–Trinajstić information content (AvgIpc) is 2.15. The zero-order valence-corrected chi connectivity index (χ0v) is 9.20. The molecule has 0 radical (unpaired) electrons. The van der Waals surface area contributed by atoms with Crippen LogP contribution in [-0.4, -0.2) is 6.54 Å². The van der Waals surface area contributed by atoms with Crippen LogP contribution in [0.25, 0.3) is 16.5 Å². The Morgan fingerprint density at radius 1 is 1.40 bits per heavy atom. The van der Waals surface area contributed by atoms with Gasteiger partial charge in [0, 0.05) is 22.7 Å². The molecule has 1 aromatic rings. The molecule has 1 rings (SSSR count). The summed E-state index contributed by atoms with van der Waals surface area (Å²) < 4.78 is 0. The van der Waals surface area contributed by atoms with Crippen LogP contribution in [0, 0.1) is 0 Å². The largest absolute Gasteiger partial charge is 0.399 e. The van der Waals surface area contributed by atoms with Crippen molar-refractivity contribution in [3.05, 3.63) is 44.3 Å². The van der Waals surface area contributed by atoms with Crippen LogP contribution in [0.4, 0.5) is 5.69 Å². The summed E-state index contributed by atoms with van der Waals surface area (Å²) in [5.41, 5.74) is 14.8. The summed E-state index contributed by atoms with van der Waals surface area (Å²) >= 11 is 11.9. The minimum Gasteiger partial charge on any atom is -0.399 e. The Morgan fingerprint density at radius 2 is 2.00 bits per heavy atom. The van der Waals surface area contributed by atoms with Crippen LogP contribution >= 0.6 is 23.2 Å². The third-order valence-electron chi connectivity index (χ3n) is 1.64. The summed E-state index contributed by atoms with van der Waals surface area (Å²) in [6, 6.07) is 3.22. The number of nitrogens with two attached hydrogens (primary N) is 1. The van der Waals surface area contributed by atoms with Gasteiger partial charge in [-0.3, -0.25) is 0 Å². The number of hydrogen-bond acceptors (Lipinski definition) is 2. The minimum atomic E-state index is 0.257. The highest BCUT2D eigenvalue weighted by molar-refractivity contribution is 6.37. The van der Waals surface area contributed by atoms with Crippen LogP contribution < -0.4 is 5.73 Å². The van der Waals surface area contributed by atoms with E-state index in [0.717, 1.165) is 0 Å². The van der Waals surface area contributed by atoms with Gasteiger partial charge in [-0.15, -0.1) is 0 Å². The second kappa shape index (κ2) is 5.51. The second-order valence-corrected chi connectivity index (χ2v) is 3.53. The first-order valence-electron chi connectivity index (χ1n) is 4.07. The number of hydrogen-bond donors (Lipinski definition) is 1. The number of rotatable bonds is 3. The molecule has 0 aromatic heterocycles. The molecule has 0 amide bonds. The maximum atomic E-state index is 8.06. The van der Waals surface area contributed by atoms with Gasteiger partial charge in [0.1, 0.15) is 0 Å². The van der Waals surface area contributed by atoms with Crippen LogP contribution in [0.5, 0.6) is 0 Å². The molecule has 4 nitrogen and oxygen atoms in total. The van der Waals surface area contributed by atoms with Crippen LogP contribution in [0.2, 0.25) is 10.0 Å². The Hall–Kier alpha value is -1.35. The Labute approximate surface area is 96.9 Å². The van der Waals surface area contributed by atoms with Crippen molar-refractivity contribution >= 4 is 35.0 Å². The molecule has 0 bridgehead atoms. The predicted molar refractivity (Wildman–Crippen MR) is 63.9 cm³/mol. The van der Waals surface area contributed by atoms with Gasteiger partial charge in [-0.2, -0.15) is 0 Å². The van der Waals surface area contributed by atoms with Gasteiger partial charge in [-0.25, -0.2) is 0 Å². The van der Waals surface area contributed by atoms with Gasteiger partial charge in [-0.05, 0) is 17.7 Å². The number of azide groups is 1. The average molecular weight is 243 g/mol. The fourth-order valence-corrected chi connectivity index (χ4v) is 1.65. The maximum absolute atomic E-state index is 8.06. The van der Waals surface area contributed by atoms with Crippen molar-refractivity contribution in [2.75, 3.05) is 12.3 Å². The van der Waals surface area contributed by atoms with Gasteiger partial charge in [0.2, 0.25) is 0 Å². The van der Waals surface area contributed by atoms with Crippen LogP contribution in [0.15, 0.2) is 23.3 Å². The van der Waals surface area contributed by atoms with Gasteiger partial charge < -0.3 is 5.73 Å². The number of anilines is 1. The molecule has 0 heterocycles. The molecule has 78 valence electrons. The summed E-state index contributed by atoms with van der Waals surface area (Å²) in [4.78, 5) is 2.61. The van der Waals surface area contributed by atoms with Crippen molar-refractivity contribution in [1.29, 1.82) is 0 Å². The molecule has 0 spiro atoms. The van der Waals surface area contributed by atoms with Crippen LogP contribution in [0.1, 0.15) is 5.56 Å². The van der Waals surface area contributed by atoms with Crippen LogP contribution in [-0.2, 0) is 0 Å². The smallest absolute Gasteiger partial charge is 0.0513 e. The third kappa shape index (κ3) is 3.36. The lowest BCUT2D eigenvalue weighted by atomic mass is 10.2. The number of benzene rings is 1. The molecule has 0 atom stereocenters. The fraction of sp³-hybridized carbons (Fsp3) is 0.111. The molecule has 0 aliphatic carbocycles. The maximum Gasteiger partial charge on any atom is 0.0513 e. The Morgan fingerprint density at radius 3 is 2.53 bits per heavy atom. The van der Waals surface area contributed by atoms with Crippen molar-refractivity contribution < 1.29 is 0 Å². The monoisotopic (exact) mass is 242 g/mol. The van der Waals surface area contributed by atoms with Crippen molar-refractivity contribution in [3.63, 3.8) is 0 Å². The number of halogens is 2. The molecule has 0 saturated heterocycles. The lowest BCUT2D eigenvalue weighted by molar-refractivity contribution is 1.22. The summed E-state index contributed by atoms with van der Waals surface area (Å²) in [7, 11) is 0. The molecule has 0 unspecified atom stereocenters. The SMILES string of the molecule is [N-]=[N+]=NCC=Cc1c(Cl)cc(N)cc1Cl. The first-order valence-corrected chi connectivity index (χ1v) is 4.82. The molecule has 15 heavy (non-hydrogen) atoms. The molecule has 0 saturated carbocycles. The zero-order chi connectivity index (χ0) is 11.3. The predicted octanol–water partition coefficient (Wildman–Crippen LogP) is 3.90. The van der Waals surface area contributed by atoms with Crippen molar-refractivity contribution in [2.24, 2.45) is 5.11 Å². The normalized spacial score (nSPS) is 10.3. The van der Waals surface area contributed by atoms with Crippen molar-refractivity contribution in [1.82, 2.24) is 0 Å². The Bertz CT molecular complexity index is 413. The van der Waals surface area contributed by atoms with Gasteiger partial charge >= 0.3 is 0 Å². The highest BCUT2D eigenvalue weighted by Crippen LogP contribution is 2.28. The van der Waals surface area contributed by atoms with Crippen LogP contribution in [0.3, 0.4) is 0 Å². The summed E-state index contributed by atoms with van der Waals surface area (Å²) in [6.07, 6.45) is 3.36. The third-order valence-corrected chi connectivity index (χ3v) is 2.26. The van der Waals surface area contributed by atoms with Crippen molar-refractivity contribution in [3.8, 4) is 0 Å². The Kier molecular flexibility index (Phi) is 4.31. The molecule has 6 heteroatoms. The lowest BCUT2D eigenvalue weighted by Gasteiger charge is -2.03. The molecule has 0 fully saturated rings. The summed E-state index contributed by atoms with van der Waals surface area (Å²) in [5.74, 6) is 0. The molecule has 1 aromatic carbocycles. The minimum absolute atomic E-state index is 0.257. The topological polar surface area (TPSA) is 74.8 Å². The van der Waals surface area contributed by atoms with Gasteiger partial charge in [0.05, 0.1) is 10.0 Å². The molecule has 0 aliphatic heterocycles. The first kappa shape index (κ1) is 11.7. The molecule has 0 aliphatic rings. The van der Waals surface area contributed by atoms with E-state index in [1.807, 2.05) is 0 Å². The zero-order valence-electron chi connectivity index (χ0n) is 7.69. The van der Waals surface area contributed by atoms with E-state index in [9.17, 15) is 0 Å². The number of nitrogen functional groups attached to an aromatic ring is 1. The first-order chi connectivity index (χ1) is 7.15. The van der Waals surface area contributed by atoms with Gasteiger partial charge in [0.15, 0.2) is 0 Å². The van der Waals surface area contributed by atoms with Crippen molar-refractivity contribution in [2.45, 2.75) is 0 Å². The van der Waals surface area contributed by atoms with E-state index in [4.69, 9.17) is 34.5 Å². The van der Waals surface area contributed by atoms with E-state index in [1.165, 1.54) is 0 Å². The lowest BCUT2D eigenvalue weighted by Crippen LogP contribution is -1.87. The van der Waals surface area contributed by atoms with Gasteiger partial charge in [0.25, 0.3) is 0 Å². The Balaban J connectivity index is 2.94. The highest BCUT2D eigenvalue weighted by Gasteiger charge is 2.03. The summed E-state index contributed by atoms with van der Waals surface area (Å²) in [6.45, 7) is 0.257. The van der Waals surface area contributed by atoms with E-state index in [0.29, 0.717) is 21.3 Å². The summed E-state index contributed by atoms with van der Waals surface area (Å²) in [5, 5.41) is 4.29. The fourth-order valence-electron chi connectivity index (χ4n) is 1.02. The highest BCUT2D eigenvalue weighted by atomic mass is 35.5. The molecular weight excluding hydrogens is 235 g/mol. The van der Waals surface area contributed by atoms with E-state index in [1.54, 1.807) is 24.3 Å². The molecular formula is C9H8Cl2N4. The number of nitrogens with zero attached hydrogens (tertiary/aromatic N) is 3. The standard InChI is InChI=1S/C9H8Cl2N4/c10-8-4-6(12)5-9(11)7(8)2-1-3-14-15-13/h1-2,4-5H,3,12H2. The van der Waals surface area contributed by atoms with E-state index in [-0.39, 0.29) is 6.54 Å². The second-order valence-electron chi connectivity index (χ2n) is 2.71. The van der Waals surface area contributed by atoms with E-state index >= 15 is 0 Å². The quantitative estimate of drug-likeness (QED) is 0.371. The van der Waals surface area contributed by atoms with Gasteiger partial charge in [-0.1, -0.05) is 40.5 Å². The van der Waals surface area contributed by atoms with E-state index in [2.05, 4.69) is 10.0 Å².